The van der Waals surface area contributed by atoms with Gasteiger partial charge in [-0.15, -0.1) is 0 Å². The van der Waals surface area contributed by atoms with Gasteiger partial charge >= 0.3 is 5.97 Å². The minimum absolute atomic E-state index is 0.00658. The van der Waals surface area contributed by atoms with E-state index in [1.54, 1.807) is 12.1 Å². The molecule has 8 heteroatoms. The fourth-order valence-corrected chi connectivity index (χ4v) is 2.62. The van der Waals surface area contributed by atoms with Crippen molar-refractivity contribution in [3.63, 3.8) is 0 Å². The molecular formula is C11H12N2O5S. The Balaban J connectivity index is 2.20. The monoisotopic (exact) mass is 284 g/mol. The molecule has 0 radical (unpaired) electrons. The minimum Gasteiger partial charge on any atom is -0.477 e. The molecule has 7 nitrogen and oxygen atoms in total. The van der Waals surface area contributed by atoms with E-state index in [1.807, 2.05) is 0 Å². The molecule has 0 atom stereocenters. The van der Waals surface area contributed by atoms with Crippen molar-refractivity contribution in [2.75, 3.05) is 0 Å². The fraction of sp³-hybridized carbons (Fsp3) is 0.182. The number of aromatic nitrogens is 1. The van der Waals surface area contributed by atoms with Gasteiger partial charge in [0.25, 0.3) is 0 Å². The van der Waals surface area contributed by atoms with Crippen molar-refractivity contribution in [1.82, 2.24) is 9.29 Å². The molecule has 2 N–H and O–H groups in total. The van der Waals surface area contributed by atoms with Crippen LogP contribution in [0, 0.1) is 0 Å². The highest BCUT2D eigenvalue weighted by Crippen LogP contribution is 2.14. The first-order chi connectivity index (χ1) is 8.90. The summed E-state index contributed by atoms with van der Waals surface area (Å²) in [6.45, 7) is 0.00658. The third kappa shape index (κ3) is 2.85. The van der Waals surface area contributed by atoms with Crippen LogP contribution in [0.2, 0.25) is 0 Å². The van der Waals surface area contributed by atoms with Crippen LogP contribution < -0.4 is 4.72 Å². The van der Waals surface area contributed by atoms with E-state index in [1.165, 1.54) is 24.1 Å². The molecule has 0 unspecified atom stereocenters. The normalized spacial score (nSPS) is 11.6. The smallest absolute Gasteiger partial charge is 0.352 e. The molecule has 2 heterocycles. The molecule has 0 aromatic carbocycles. The molecule has 19 heavy (non-hydrogen) atoms. The number of sulfonamides is 1. The Kier molecular flexibility index (Phi) is 3.45. The van der Waals surface area contributed by atoms with E-state index in [4.69, 9.17) is 9.52 Å². The van der Waals surface area contributed by atoms with Gasteiger partial charge in [0.15, 0.2) is 0 Å². The number of carboxylic acid groups (broad SMARTS) is 1. The van der Waals surface area contributed by atoms with Crippen LogP contribution in [0.4, 0.5) is 0 Å². The Morgan fingerprint density at radius 1 is 1.53 bits per heavy atom. The highest BCUT2D eigenvalue weighted by Gasteiger charge is 2.20. The second-order valence-corrected chi connectivity index (χ2v) is 5.65. The quantitative estimate of drug-likeness (QED) is 0.845. The third-order valence-corrected chi connectivity index (χ3v) is 3.89. The van der Waals surface area contributed by atoms with Crippen molar-refractivity contribution >= 4 is 16.0 Å². The lowest BCUT2D eigenvalue weighted by molar-refractivity contribution is 0.0686. The van der Waals surface area contributed by atoms with Gasteiger partial charge in [0.05, 0.1) is 12.8 Å². The molecule has 0 fully saturated rings. The summed E-state index contributed by atoms with van der Waals surface area (Å²) in [5.74, 6) is -0.715. The number of hydrogen-bond donors (Lipinski definition) is 2. The van der Waals surface area contributed by atoms with Crippen molar-refractivity contribution in [2.45, 2.75) is 11.4 Å². The van der Waals surface area contributed by atoms with E-state index >= 15 is 0 Å². The predicted molar refractivity (Wildman–Crippen MR) is 65.1 cm³/mol. The maximum absolute atomic E-state index is 12.0. The molecule has 0 saturated carbocycles. The first-order valence-corrected chi connectivity index (χ1v) is 6.80. The molecule has 0 aliphatic carbocycles. The maximum atomic E-state index is 12.0. The topological polar surface area (TPSA) is 102 Å². The van der Waals surface area contributed by atoms with E-state index in [0.717, 1.165) is 6.07 Å². The number of aryl methyl sites for hydroxylation is 1. The number of nitrogens with one attached hydrogen (secondary N) is 1. The van der Waals surface area contributed by atoms with Gasteiger partial charge in [-0.25, -0.2) is 17.9 Å². The van der Waals surface area contributed by atoms with E-state index in [-0.39, 0.29) is 17.1 Å². The van der Waals surface area contributed by atoms with Crippen LogP contribution in [0.25, 0.3) is 0 Å². The minimum atomic E-state index is -3.77. The standard InChI is InChI=1S/C11H12N2O5S/c1-13-7-9(5-10(13)11(14)15)19(16,17)12-6-8-3-2-4-18-8/h2-5,7,12H,6H2,1H3,(H,14,15). The lowest BCUT2D eigenvalue weighted by Crippen LogP contribution is -2.22. The molecule has 0 aliphatic heterocycles. The fourth-order valence-electron chi connectivity index (χ4n) is 1.56. The Morgan fingerprint density at radius 3 is 2.79 bits per heavy atom. The molecule has 0 spiro atoms. The van der Waals surface area contributed by atoms with Gasteiger partial charge in [-0.2, -0.15) is 0 Å². The molecule has 0 aliphatic rings. The van der Waals surface area contributed by atoms with Crippen LogP contribution >= 0.6 is 0 Å². The average Bonchev–Trinajstić information content (AvgIpc) is 2.95. The summed E-state index contributed by atoms with van der Waals surface area (Å²) < 4.78 is 32.5. The molecule has 102 valence electrons. The number of aromatic carboxylic acids is 1. The molecule has 2 rings (SSSR count). The van der Waals surface area contributed by atoms with E-state index < -0.39 is 16.0 Å². The van der Waals surface area contributed by atoms with E-state index in [2.05, 4.69) is 4.72 Å². The molecule has 0 amide bonds. The Bertz CT molecular complexity index is 685. The summed E-state index contributed by atoms with van der Waals surface area (Å²) in [6.07, 6.45) is 2.68. The molecular weight excluding hydrogens is 272 g/mol. The van der Waals surface area contributed by atoms with Crippen molar-refractivity contribution in [1.29, 1.82) is 0 Å². The number of furan rings is 1. The SMILES string of the molecule is Cn1cc(S(=O)(=O)NCc2ccco2)cc1C(=O)O. The Labute approximate surface area is 109 Å². The number of carbonyl (C=O) groups is 1. The van der Waals surface area contributed by atoms with Gasteiger partial charge in [0.2, 0.25) is 10.0 Å². The van der Waals surface area contributed by atoms with Crippen LogP contribution in [0.1, 0.15) is 16.2 Å². The van der Waals surface area contributed by atoms with E-state index in [0.29, 0.717) is 5.76 Å². The lowest BCUT2D eigenvalue weighted by atomic mass is 10.4. The summed E-state index contributed by atoms with van der Waals surface area (Å²) in [4.78, 5) is 10.8. The zero-order chi connectivity index (χ0) is 14.0. The van der Waals surface area contributed by atoms with Crippen LogP contribution in [0.15, 0.2) is 40.0 Å². The first kappa shape index (κ1) is 13.4. The summed E-state index contributed by atoms with van der Waals surface area (Å²) >= 11 is 0. The molecule has 0 saturated heterocycles. The van der Waals surface area contributed by atoms with Gasteiger partial charge in [-0.1, -0.05) is 0 Å². The number of carboxylic acids is 1. The summed E-state index contributed by atoms with van der Waals surface area (Å²) in [5.41, 5.74) is -0.0987. The second-order valence-electron chi connectivity index (χ2n) is 3.88. The van der Waals surface area contributed by atoms with Gasteiger partial charge in [-0.05, 0) is 18.2 Å². The van der Waals surface area contributed by atoms with Crippen LogP contribution in [0.5, 0.6) is 0 Å². The second kappa shape index (κ2) is 4.90. The van der Waals surface area contributed by atoms with Crippen LogP contribution in [0.3, 0.4) is 0 Å². The largest absolute Gasteiger partial charge is 0.477 e. The van der Waals surface area contributed by atoms with Gasteiger partial charge in [0, 0.05) is 13.2 Å². The first-order valence-electron chi connectivity index (χ1n) is 5.32. The maximum Gasteiger partial charge on any atom is 0.352 e. The van der Waals surface area contributed by atoms with Crippen molar-refractivity contribution in [3.8, 4) is 0 Å². The Hall–Kier alpha value is -2.06. The van der Waals surface area contributed by atoms with Crippen molar-refractivity contribution < 1.29 is 22.7 Å². The average molecular weight is 284 g/mol. The molecule has 0 bridgehead atoms. The number of rotatable bonds is 5. The van der Waals surface area contributed by atoms with Gasteiger partial charge in [0.1, 0.15) is 16.3 Å². The zero-order valence-electron chi connectivity index (χ0n) is 10.0. The van der Waals surface area contributed by atoms with Crippen molar-refractivity contribution in [2.24, 2.45) is 7.05 Å². The lowest BCUT2D eigenvalue weighted by Gasteiger charge is -2.02. The van der Waals surface area contributed by atoms with Crippen LogP contribution in [-0.4, -0.2) is 24.1 Å². The van der Waals surface area contributed by atoms with E-state index in [9.17, 15) is 13.2 Å². The number of nitrogens with zero attached hydrogens (tertiary/aromatic N) is 1. The van der Waals surface area contributed by atoms with Crippen molar-refractivity contribution in [3.05, 3.63) is 42.1 Å². The highest BCUT2D eigenvalue weighted by molar-refractivity contribution is 7.89. The summed E-state index contributed by atoms with van der Waals surface area (Å²) in [7, 11) is -2.30. The zero-order valence-corrected chi connectivity index (χ0v) is 10.8. The van der Waals surface area contributed by atoms with Gasteiger partial charge < -0.3 is 14.1 Å². The Morgan fingerprint density at radius 2 is 2.26 bits per heavy atom. The predicted octanol–water partition coefficient (Wildman–Crippen LogP) is 0.795. The summed E-state index contributed by atoms with van der Waals surface area (Å²) in [6, 6.07) is 4.39. The van der Waals surface area contributed by atoms with Crippen LogP contribution in [-0.2, 0) is 23.6 Å². The van der Waals surface area contributed by atoms with Gasteiger partial charge in [-0.3, -0.25) is 0 Å². The highest BCUT2D eigenvalue weighted by atomic mass is 32.2. The molecule has 2 aromatic heterocycles. The third-order valence-electron chi connectivity index (χ3n) is 2.53. The summed E-state index contributed by atoms with van der Waals surface area (Å²) in [5, 5.41) is 8.87. The number of hydrogen-bond acceptors (Lipinski definition) is 4. The molecule has 2 aromatic rings.